The van der Waals surface area contributed by atoms with Crippen molar-refractivity contribution in [2.45, 2.75) is 26.9 Å². The molecule has 1 N–H and O–H groups in total. The van der Waals surface area contributed by atoms with Crippen LogP contribution in [-0.4, -0.2) is 39.3 Å². The van der Waals surface area contributed by atoms with E-state index in [9.17, 15) is 0 Å². The Kier molecular flexibility index (Phi) is 7.78. The lowest BCUT2D eigenvalue weighted by Crippen LogP contribution is -2.38. The van der Waals surface area contributed by atoms with Crippen molar-refractivity contribution in [3.63, 3.8) is 0 Å². The third kappa shape index (κ3) is 4.75. The number of rotatable bonds is 4. The van der Waals surface area contributed by atoms with Gasteiger partial charge in [0.2, 0.25) is 0 Å². The summed E-state index contributed by atoms with van der Waals surface area (Å²) in [6.45, 7) is 5.63. The fraction of sp³-hybridized carbons (Fsp3) is 0.500. The number of aromatic nitrogens is 3. The largest absolute Gasteiger partial charge is 0.352 e. The van der Waals surface area contributed by atoms with Gasteiger partial charge >= 0.3 is 0 Å². The van der Waals surface area contributed by atoms with Gasteiger partial charge in [0.05, 0.1) is 12.2 Å². The molecule has 0 radical (unpaired) electrons. The highest BCUT2D eigenvalue weighted by Gasteiger charge is 2.13. The summed E-state index contributed by atoms with van der Waals surface area (Å²) in [6, 6.07) is 2.12. The lowest BCUT2D eigenvalue weighted by atomic mass is 10.2. The summed E-state index contributed by atoms with van der Waals surface area (Å²) in [5, 5.41) is 7.88. The smallest absolute Gasteiger partial charge is 0.194 e. The second-order valence-corrected chi connectivity index (χ2v) is 6.71. The van der Waals surface area contributed by atoms with Gasteiger partial charge in [-0.15, -0.1) is 24.0 Å². The van der Waals surface area contributed by atoms with Crippen LogP contribution in [0.1, 0.15) is 22.6 Å². The summed E-state index contributed by atoms with van der Waals surface area (Å²) in [5.74, 6) is 0.866. The van der Waals surface area contributed by atoms with Crippen LogP contribution in [0.4, 0.5) is 0 Å². The van der Waals surface area contributed by atoms with Crippen LogP contribution in [0.25, 0.3) is 0 Å². The van der Waals surface area contributed by atoms with E-state index >= 15 is 0 Å². The Labute approximate surface area is 169 Å². The number of hydrogen-bond acceptors (Lipinski definition) is 2. The van der Waals surface area contributed by atoms with Crippen LogP contribution >= 0.6 is 39.9 Å². The summed E-state index contributed by atoms with van der Waals surface area (Å²) in [5.41, 5.74) is 4.68. The molecule has 24 heavy (non-hydrogen) atoms. The van der Waals surface area contributed by atoms with E-state index in [1.807, 2.05) is 39.8 Å². The number of guanidine groups is 1. The van der Waals surface area contributed by atoms with Crippen LogP contribution in [-0.2, 0) is 27.2 Å². The average molecular weight is 509 g/mol. The van der Waals surface area contributed by atoms with Crippen molar-refractivity contribution in [2.24, 2.45) is 19.1 Å². The van der Waals surface area contributed by atoms with E-state index in [1.165, 1.54) is 17.0 Å². The summed E-state index contributed by atoms with van der Waals surface area (Å²) in [7, 11) is 7.87. The monoisotopic (exact) mass is 508 g/mol. The zero-order valence-corrected chi connectivity index (χ0v) is 19.0. The third-order valence-electron chi connectivity index (χ3n) is 4.13. The molecule has 0 amide bonds. The van der Waals surface area contributed by atoms with Crippen molar-refractivity contribution in [3.05, 3.63) is 39.4 Å². The highest BCUT2D eigenvalue weighted by Crippen LogP contribution is 2.15. The van der Waals surface area contributed by atoms with Crippen LogP contribution in [0.5, 0.6) is 0 Å². The molecule has 0 aliphatic heterocycles. The van der Waals surface area contributed by atoms with E-state index in [4.69, 9.17) is 0 Å². The molecular weight excluding hydrogens is 483 g/mol. The number of nitrogens with one attached hydrogen (secondary N) is 1. The summed E-state index contributed by atoms with van der Waals surface area (Å²) < 4.78 is 5.12. The number of aryl methyl sites for hydroxylation is 3. The lowest BCUT2D eigenvalue weighted by molar-refractivity contribution is 0.461. The SMILES string of the molecule is CN=C(NCc1c(C)nn(C)c1C)N(C)Cc1cc(Br)cn1C.I. The maximum Gasteiger partial charge on any atom is 0.194 e. The number of nitrogens with zero attached hydrogens (tertiary/aromatic N) is 5. The second kappa shape index (κ2) is 8.89. The van der Waals surface area contributed by atoms with Crippen molar-refractivity contribution in [2.75, 3.05) is 14.1 Å². The van der Waals surface area contributed by atoms with Gasteiger partial charge in [0.1, 0.15) is 0 Å². The number of aliphatic imine (C=N–C) groups is 1. The highest BCUT2D eigenvalue weighted by molar-refractivity contribution is 14.0. The van der Waals surface area contributed by atoms with E-state index in [-0.39, 0.29) is 24.0 Å². The molecule has 0 atom stereocenters. The third-order valence-corrected chi connectivity index (χ3v) is 4.56. The molecule has 2 heterocycles. The summed E-state index contributed by atoms with van der Waals surface area (Å²) in [6.07, 6.45) is 2.06. The molecule has 0 saturated heterocycles. The molecule has 0 unspecified atom stereocenters. The molecule has 0 aliphatic rings. The van der Waals surface area contributed by atoms with Crippen LogP contribution in [0.15, 0.2) is 21.7 Å². The maximum atomic E-state index is 4.46. The Bertz CT molecular complexity index is 718. The zero-order chi connectivity index (χ0) is 17.1. The Hall–Kier alpha value is -1.03. The van der Waals surface area contributed by atoms with Gasteiger partial charge in [-0.05, 0) is 35.8 Å². The highest BCUT2D eigenvalue weighted by atomic mass is 127. The Balaban J connectivity index is 0.00000288. The molecule has 0 bridgehead atoms. The first-order valence-corrected chi connectivity index (χ1v) is 8.34. The first-order chi connectivity index (χ1) is 10.8. The minimum absolute atomic E-state index is 0. The minimum atomic E-state index is 0. The zero-order valence-electron chi connectivity index (χ0n) is 15.1. The molecule has 0 spiro atoms. The van der Waals surface area contributed by atoms with E-state index in [0.29, 0.717) is 0 Å². The average Bonchev–Trinajstić information content (AvgIpc) is 2.91. The minimum Gasteiger partial charge on any atom is -0.352 e. The second-order valence-electron chi connectivity index (χ2n) is 5.79. The van der Waals surface area contributed by atoms with E-state index < -0.39 is 0 Å². The molecule has 2 aromatic heterocycles. The van der Waals surface area contributed by atoms with Crippen LogP contribution in [0.2, 0.25) is 0 Å². The predicted octanol–water partition coefficient (Wildman–Crippen LogP) is 2.96. The Morgan fingerprint density at radius 1 is 1.38 bits per heavy atom. The first-order valence-electron chi connectivity index (χ1n) is 7.55. The summed E-state index contributed by atoms with van der Waals surface area (Å²) >= 11 is 3.51. The molecule has 0 saturated carbocycles. The molecule has 8 heteroatoms. The van der Waals surface area contributed by atoms with E-state index in [0.717, 1.165) is 29.2 Å². The lowest BCUT2D eigenvalue weighted by Gasteiger charge is -2.22. The van der Waals surface area contributed by atoms with Gasteiger partial charge in [0.25, 0.3) is 0 Å². The van der Waals surface area contributed by atoms with E-state index in [2.05, 4.69) is 60.0 Å². The van der Waals surface area contributed by atoms with Gasteiger partial charge in [-0.25, -0.2) is 0 Å². The predicted molar refractivity (Wildman–Crippen MR) is 113 cm³/mol. The normalized spacial score (nSPS) is 11.4. The molecule has 6 nitrogen and oxygen atoms in total. The molecular formula is C16H26BrIN6. The van der Waals surface area contributed by atoms with Crippen LogP contribution in [0, 0.1) is 13.8 Å². The number of halogens is 2. The van der Waals surface area contributed by atoms with Crippen molar-refractivity contribution in [1.29, 1.82) is 0 Å². The van der Waals surface area contributed by atoms with Gasteiger partial charge in [-0.1, -0.05) is 0 Å². The molecule has 2 rings (SSSR count). The molecule has 0 aromatic carbocycles. The standard InChI is InChI=1S/C16H25BrN6.HI/c1-11-15(12(2)23(6)20-11)8-19-16(18-3)22(5)10-14-7-13(17)9-21(14)4;/h7,9H,8,10H2,1-6H3,(H,18,19);1H. The molecule has 2 aromatic rings. The van der Waals surface area contributed by atoms with Gasteiger partial charge in [0, 0.05) is 62.4 Å². The Morgan fingerprint density at radius 3 is 2.50 bits per heavy atom. The van der Waals surface area contributed by atoms with Crippen LogP contribution < -0.4 is 5.32 Å². The van der Waals surface area contributed by atoms with Gasteiger partial charge in [-0.2, -0.15) is 5.10 Å². The van der Waals surface area contributed by atoms with E-state index in [1.54, 1.807) is 0 Å². The molecule has 0 aliphatic carbocycles. The topological polar surface area (TPSA) is 50.4 Å². The van der Waals surface area contributed by atoms with Gasteiger partial charge in [0.15, 0.2) is 5.96 Å². The summed E-state index contributed by atoms with van der Waals surface area (Å²) in [4.78, 5) is 6.50. The van der Waals surface area contributed by atoms with Crippen molar-refractivity contribution < 1.29 is 0 Å². The first kappa shape index (κ1) is 21.0. The Morgan fingerprint density at radius 2 is 2.04 bits per heavy atom. The fourth-order valence-electron chi connectivity index (χ4n) is 2.67. The quantitative estimate of drug-likeness (QED) is 0.392. The van der Waals surface area contributed by atoms with Crippen molar-refractivity contribution in [1.82, 2.24) is 24.6 Å². The molecule has 134 valence electrons. The van der Waals surface area contributed by atoms with Crippen LogP contribution in [0.3, 0.4) is 0 Å². The fourth-order valence-corrected chi connectivity index (χ4v) is 3.24. The maximum absolute atomic E-state index is 4.46. The van der Waals surface area contributed by atoms with Gasteiger partial charge in [-0.3, -0.25) is 9.67 Å². The van der Waals surface area contributed by atoms with Crippen molar-refractivity contribution in [3.8, 4) is 0 Å². The van der Waals surface area contributed by atoms with Crippen molar-refractivity contribution >= 4 is 45.9 Å². The van der Waals surface area contributed by atoms with Gasteiger partial charge < -0.3 is 14.8 Å². The number of hydrogen-bond donors (Lipinski definition) is 1. The molecule has 0 fully saturated rings.